The van der Waals surface area contributed by atoms with Crippen molar-refractivity contribution in [3.63, 3.8) is 0 Å². The second-order valence-electron chi connectivity index (χ2n) is 30.4. The largest absolute Gasteiger partial charge is 0.458 e. The molecule has 1 saturated carbocycles. The highest BCUT2D eigenvalue weighted by Gasteiger charge is 2.47. The smallest absolute Gasteiger partial charge is 0.256 e. The van der Waals surface area contributed by atoms with Crippen molar-refractivity contribution >= 4 is 73.3 Å². The number of anilines is 5. The molecule has 1 fully saturated rings. The van der Waals surface area contributed by atoms with Crippen LogP contribution in [0.4, 0.5) is 28.4 Å². The highest BCUT2D eigenvalue weighted by Crippen LogP contribution is 2.57. The summed E-state index contributed by atoms with van der Waals surface area (Å²) in [7, 11) is 0. The van der Waals surface area contributed by atoms with Crippen LogP contribution < -0.4 is 30.9 Å². The van der Waals surface area contributed by atoms with Gasteiger partial charge < -0.3 is 19.1 Å². The summed E-state index contributed by atoms with van der Waals surface area (Å²) in [6, 6.07) is 58.1. The molecule has 81 heavy (non-hydrogen) atoms. The van der Waals surface area contributed by atoms with Crippen molar-refractivity contribution in [1.29, 1.82) is 0 Å². The van der Waals surface area contributed by atoms with Crippen molar-refractivity contribution in [1.82, 2.24) is 4.57 Å². The van der Waals surface area contributed by atoms with Crippen LogP contribution in [-0.4, -0.2) is 17.3 Å². The van der Waals surface area contributed by atoms with Gasteiger partial charge in [-0.2, -0.15) is 0 Å². The average Bonchev–Trinajstić information content (AvgIpc) is 3.40. The maximum absolute atomic E-state index is 7.95. The first kappa shape index (κ1) is 53.3. The van der Waals surface area contributed by atoms with Crippen LogP contribution in [0.3, 0.4) is 0 Å². The van der Waals surface area contributed by atoms with Gasteiger partial charge in [0.1, 0.15) is 11.5 Å². The third-order valence-corrected chi connectivity index (χ3v) is 19.3. The zero-order valence-corrected chi connectivity index (χ0v) is 51.8. The minimum atomic E-state index is -0.529. The average molecular weight is 1070 g/mol. The third-order valence-electron chi connectivity index (χ3n) is 19.3. The normalized spacial score (nSPS) is 17.3. The fourth-order valence-corrected chi connectivity index (χ4v) is 14.1. The maximum Gasteiger partial charge on any atom is 0.256 e. The van der Waals surface area contributed by atoms with Crippen molar-refractivity contribution < 1.29 is 4.74 Å². The molecule has 2 bridgehead atoms. The molecule has 0 N–H and O–H groups in total. The van der Waals surface area contributed by atoms with E-state index < -0.39 is 5.41 Å². The third kappa shape index (κ3) is 8.35. The highest BCUT2D eigenvalue weighted by atomic mass is 16.5. The zero-order chi connectivity index (χ0) is 57.4. The first-order valence-electron chi connectivity index (χ1n) is 30.2. The molecule has 5 aliphatic rings. The molecule has 5 heterocycles. The molecule has 0 spiro atoms. The fraction of sp³-hybridized carbons (Fsp3) is 0.368. The molecule has 8 aromatic carbocycles. The Hall–Kier alpha value is -6.98. The number of rotatable bonds is 4. The highest BCUT2D eigenvalue weighted by molar-refractivity contribution is 6.99. The lowest BCUT2D eigenvalue weighted by atomic mass is 9.34. The zero-order valence-electron chi connectivity index (χ0n) is 51.8. The Balaban J connectivity index is 1.23. The van der Waals surface area contributed by atoms with E-state index in [2.05, 4.69) is 285 Å². The number of hydrogen-bond donors (Lipinski definition) is 0. The van der Waals surface area contributed by atoms with Crippen LogP contribution in [0.15, 0.2) is 146 Å². The topological polar surface area (TPSA) is 20.6 Å². The number of fused-ring (bicyclic) bond motifs is 9. The van der Waals surface area contributed by atoms with Gasteiger partial charge in [0, 0.05) is 61.6 Å². The Morgan fingerprint density at radius 1 is 0.531 bits per heavy atom. The van der Waals surface area contributed by atoms with Gasteiger partial charge in [0.25, 0.3) is 6.71 Å². The lowest BCUT2D eigenvalue weighted by Crippen LogP contribution is -2.59. The Labute approximate surface area is 484 Å². The SMILES string of the molecule is C[C@H]1CCC1N(c1ccc(C(C)(C)C)cc1)c1cccc2c1-c1cc3c4c(c1C(C)(C)c1ccc(cc1)N2c1ccc(C(C)(C)C)cc1)Oc1ccc(C(C)(C)C)cc1B4c1cc(C(C)(C)C)cc2c4cc(C(C)(C)C)ccc4n-3c12. The number of aromatic nitrogens is 1. The van der Waals surface area contributed by atoms with Crippen LogP contribution in [0, 0.1) is 5.92 Å². The molecule has 14 rings (SSSR count). The summed E-state index contributed by atoms with van der Waals surface area (Å²) in [5.41, 5.74) is 24.3. The Bertz CT molecular complexity index is 4030. The Morgan fingerprint density at radius 3 is 1.65 bits per heavy atom. The molecule has 0 radical (unpaired) electrons. The van der Waals surface area contributed by atoms with Gasteiger partial charge in [0.15, 0.2) is 0 Å². The number of benzene rings is 8. The predicted molar refractivity (Wildman–Crippen MR) is 348 cm³/mol. The van der Waals surface area contributed by atoms with E-state index in [1.54, 1.807) is 0 Å². The van der Waals surface area contributed by atoms with Gasteiger partial charge in [-0.1, -0.05) is 191 Å². The van der Waals surface area contributed by atoms with Gasteiger partial charge in [-0.25, -0.2) is 0 Å². The van der Waals surface area contributed by atoms with Gasteiger partial charge in [-0.3, -0.25) is 0 Å². The summed E-state index contributed by atoms with van der Waals surface area (Å²) in [6.45, 7) is 42.4. The quantitative estimate of drug-likeness (QED) is 0.164. The molecule has 1 aliphatic carbocycles. The molecule has 412 valence electrons. The van der Waals surface area contributed by atoms with Gasteiger partial charge in [-0.15, -0.1) is 0 Å². The molecular weight excluding hydrogens is 982 g/mol. The first-order valence-corrected chi connectivity index (χ1v) is 30.2. The van der Waals surface area contributed by atoms with Crippen LogP contribution in [-0.2, 0) is 32.5 Å². The molecule has 4 nitrogen and oxygen atoms in total. The van der Waals surface area contributed by atoms with E-state index in [-0.39, 0.29) is 33.8 Å². The van der Waals surface area contributed by atoms with Crippen LogP contribution >= 0.6 is 0 Å². The van der Waals surface area contributed by atoms with Gasteiger partial charge in [0.2, 0.25) is 0 Å². The summed E-state index contributed by atoms with van der Waals surface area (Å²) >= 11 is 0. The molecule has 0 amide bonds. The van der Waals surface area contributed by atoms with Crippen LogP contribution in [0.5, 0.6) is 11.5 Å². The lowest BCUT2D eigenvalue weighted by molar-refractivity contribution is 0.279. The molecule has 2 atom stereocenters. The van der Waals surface area contributed by atoms with Gasteiger partial charge in [0.05, 0.1) is 16.9 Å². The molecule has 9 aromatic rings. The summed E-state index contributed by atoms with van der Waals surface area (Å²) in [5.74, 6) is 2.42. The van der Waals surface area contributed by atoms with E-state index in [0.717, 1.165) is 35.0 Å². The summed E-state index contributed by atoms with van der Waals surface area (Å²) in [4.78, 5) is 5.28. The van der Waals surface area contributed by atoms with E-state index >= 15 is 0 Å². The van der Waals surface area contributed by atoms with Crippen molar-refractivity contribution in [2.75, 3.05) is 9.80 Å². The fourth-order valence-electron chi connectivity index (χ4n) is 14.1. The van der Waals surface area contributed by atoms with E-state index in [4.69, 9.17) is 4.74 Å². The molecule has 0 saturated heterocycles. The standard InChI is InChI=1S/C76H84BN3O/c1-45-22-37-60(45)79(54-33-25-47(26-34-54)72(5,6)7)63-21-19-20-62-66(63)57-44-64-68-70(67(57)76(17,18)48-27-35-53(36-28-48)78(62)52-31-23-46(24-32-52)71(2,3)4)81-65-39-30-50(74(11,12)13)42-58(65)77(68)59-43-51(75(14,15)16)41-56-55-40-49(73(8,9)10)29-38-61(55)80(64)69(56)59/h19-21,23-36,38-45,60H,22,37H2,1-18H3/t45-,60?/m0/s1. The number of ether oxygens (including phenoxy) is 1. The minimum absolute atomic E-state index is 0.00448. The minimum Gasteiger partial charge on any atom is -0.458 e. The lowest BCUT2D eigenvalue weighted by Gasteiger charge is -2.46. The van der Waals surface area contributed by atoms with E-state index in [1.807, 2.05) is 0 Å². The van der Waals surface area contributed by atoms with Crippen LogP contribution in [0.2, 0.25) is 0 Å². The van der Waals surface area contributed by atoms with Crippen LogP contribution in [0.25, 0.3) is 38.6 Å². The first-order chi connectivity index (χ1) is 38.0. The van der Waals surface area contributed by atoms with Gasteiger partial charge in [-0.05, 0) is 180 Å². The monoisotopic (exact) mass is 1070 g/mol. The number of hydrogen-bond acceptors (Lipinski definition) is 3. The van der Waals surface area contributed by atoms with Crippen LogP contribution in [0.1, 0.15) is 176 Å². The van der Waals surface area contributed by atoms with Crippen molar-refractivity contribution in [2.45, 2.75) is 176 Å². The Kier molecular flexibility index (Phi) is 11.7. The summed E-state index contributed by atoms with van der Waals surface area (Å²) in [6.07, 6.45) is 2.32. The molecule has 5 heteroatoms. The van der Waals surface area contributed by atoms with Crippen molar-refractivity contribution in [3.8, 4) is 28.3 Å². The molecular formula is C76H84BN3O. The second kappa shape index (κ2) is 17.8. The molecule has 4 aliphatic heterocycles. The van der Waals surface area contributed by atoms with E-state index in [9.17, 15) is 0 Å². The van der Waals surface area contributed by atoms with Gasteiger partial charge >= 0.3 is 0 Å². The molecule has 1 aromatic heterocycles. The second-order valence-corrected chi connectivity index (χ2v) is 30.4. The summed E-state index contributed by atoms with van der Waals surface area (Å²) in [5, 5.41) is 2.62. The van der Waals surface area contributed by atoms with Crippen molar-refractivity contribution in [2.24, 2.45) is 5.92 Å². The van der Waals surface area contributed by atoms with E-state index in [1.165, 1.54) is 112 Å². The molecule has 1 unspecified atom stereocenters. The Morgan fingerprint density at radius 2 is 1.07 bits per heavy atom. The number of nitrogens with zero attached hydrogens (tertiary/aromatic N) is 3. The van der Waals surface area contributed by atoms with E-state index in [0.29, 0.717) is 12.0 Å². The van der Waals surface area contributed by atoms with Crippen molar-refractivity contribution in [3.05, 3.63) is 185 Å². The maximum atomic E-state index is 7.95. The predicted octanol–water partition coefficient (Wildman–Crippen LogP) is 18.9. The summed E-state index contributed by atoms with van der Waals surface area (Å²) < 4.78 is 10.6.